The average Bonchev–Trinajstić information content (AvgIpc) is 3.90. The average molecular weight is 923 g/mol. The Morgan fingerprint density at radius 2 is 1.60 bits per heavy atom. The Labute approximate surface area is 386 Å². The molecule has 3 N–H and O–H groups in total. The number of nitrogens with one attached hydrogen (secondary N) is 3. The molecule has 13 nitrogen and oxygen atoms in total. The zero-order valence-electron chi connectivity index (χ0n) is 35.9. The Bertz CT molecular complexity index is 2580. The number of halogens is 3. The van der Waals surface area contributed by atoms with Crippen molar-refractivity contribution >= 4 is 64.3 Å². The molecule has 4 saturated heterocycles. The van der Waals surface area contributed by atoms with E-state index in [1.807, 2.05) is 17.0 Å². The Balaban J connectivity index is 0.788. The van der Waals surface area contributed by atoms with Crippen LogP contribution in [0.3, 0.4) is 0 Å². The minimum atomic E-state index is -1.31. The van der Waals surface area contributed by atoms with E-state index in [-0.39, 0.29) is 65.6 Å². The maximum atomic E-state index is 16.4. The first-order chi connectivity index (χ1) is 31.4. The number of hydrogen-bond acceptors (Lipinski definition) is 8. The summed E-state index contributed by atoms with van der Waals surface area (Å²) in [6, 6.07) is 13.9. The second-order valence-electron chi connectivity index (χ2n) is 18.6. The lowest BCUT2D eigenvalue weighted by molar-refractivity contribution is -0.138. The lowest BCUT2D eigenvalue weighted by Crippen LogP contribution is -2.60. The lowest BCUT2D eigenvalue weighted by atomic mass is 9.55. The summed E-state index contributed by atoms with van der Waals surface area (Å²) in [6.45, 7) is 3.29. The number of piperazine rings is 1. The molecule has 10 rings (SSSR count). The first kappa shape index (κ1) is 43.6. The van der Waals surface area contributed by atoms with Crippen molar-refractivity contribution < 1.29 is 33.2 Å². The van der Waals surface area contributed by atoms with Gasteiger partial charge in [0.05, 0.1) is 17.6 Å². The van der Waals surface area contributed by atoms with Gasteiger partial charge in [-0.1, -0.05) is 78.6 Å². The fraction of sp³-hybridized carbons (Fsp3) is 0.469. The van der Waals surface area contributed by atoms with Crippen LogP contribution in [-0.4, -0.2) is 118 Å². The molecular formula is C49H50Cl2FN7O6. The van der Waals surface area contributed by atoms with Gasteiger partial charge in [0.15, 0.2) is 0 Å². The number of piperidine rings is 2. The van der Waals surface area contributed by atoms with E-state index in [0.29, 0.717) is 93.2 Å². The van der Waals surface area contributed by atoms with Crippen LogP contribution in [0, 0.1) is 23.6 Å². The summed E-state index contributed by atoms with van der Waals surface area (Å²) in [6.07, 6.45) is 5.85. The van der Waals surface area contributed by atoms with Crippen LogP contribution in [-0.2, 0) is 35.9 Å². The molecule has 4 atom stereocenters. The molecule has 1 aliphatic carbocycles. The van der Waals surface area contributed by atoms with E-state index in [1.54, 1.807) is 41.3 Å². The highest BCUT2D eigenvalue weighted by atomic mass is 35.5. The summed E-state index contributed by atoms with van der Waals surface area (Å²) in [5.41, 5.74) is 1.41. The number of anilines is 1. The third-order valence-electron chi connectivity index (χ3n) is 15.2. The van der Waals surface area contributed by atoms with Crippen molar-refractivity contribution in [1.29, 1.82) is 0 Å². The molecule has 1 saturated carbocycles. The molecule has 1 unspecified atom stereocenters. The minimum Gasteiger partial charge on any atom is -0.341 e. The van der Waals surface area contributed by atoms with Crippen molar-refractivity contribution in [2.45, 2.75) is 93.3 Å². The molecule has 0 aromatic heterocycles. The van der Waals surface area contributed by atoms with Crippen LogP contribution in [0.15, 0.2) is 54.6 Å². The van der Waals surface area contributed by atoms with E-state index in [2.05, 4.69) is 32.7 Å². The minimum absolute atomic E-state index is 0.0188. The fourth-order valence-electron chi connectivity index (χ4n) is 12.0. The van der Waals surface area contributed by atoms with Gasteiger partial charge in [0, 0.05) is 91.4 Å². The number of likely N-dealkylation sites (tertiary alicyclic amines) is 1. The summed E-state index contributed by atoms with van der Waals surface area (Å²) in [5.74, 6) is 3.72. The Morgan fingerprint density at radius 3 is 2.35 bits per heavy atom. The lowest BCUT2D eigenvalue weighted by Gasteiger charge is -2.47. The Morgan fingerprint density at radius 1 is 0.846 bits per heavy atom. The van der Waals surface area contributed by atoms with Gasteiger partial charge in [0.1, 0.15) is 17.3 Å². The number of amides is 6. The second-order valence-corrected chi connectivity index (χ2v) is 19.4. The predicted molar refractivity (Wildman–Crippen MR) is 240 cm³/mol. The van der Waals surface area contributed by atoms with Crippen LogP contribution in [0.1, 0.15) is 96.3 Å². The maximum absolute atomic E-state index is 16.4. The van der Waals surface area contributed by atoms with E-state index in [4.69, 9.17) is 23.2 Å². The third-order valence-corrected chi connectivity index (χ3v) is 15.7. The summed E-state index contributed by atoms with van der Waals surface area (Å²) in [4.78, 5) is 88.1. The smallest absolute Gasteiger partial charge is 0.255 e. The number of carbonyl (C=O) groups is 6. The standard InChI is InChI=1S/C49H50Cl2FN7O6/c50-31-12-13-35-37(26-31)53-47(65)49(35)41(33-8-5-9-36(51)42(33)52)43(55-48(49)18-2-1-3-19-48)46(64)58-24-22-56(23-25-58)28-40(61)57-20-16-29(17-21-57)10-11-30-6-4-7-32-34(30)27-59(45(32)63)38-14-15-39(60)54-44(38)62/h4-9,12-13,26,29,38,41,43,55H,1-3,14-25,27-28H2,(H,53,65)(H,54,60,62)/t38?,41-,43+,49+/m0/s1. The molecule has 2 spiro atoms. The molecule has 6 heterocycles. The van der Waals surface area contributed by atoms with Crippen molar-refractivity contribution in [1.82, 2.24) is 30.2 Å². The quantitative estimate of drug-likeness (QED) is 0.240. The van der Waals surface area contributed by atoms with E-state index in [9.17, 15) is 28.8 Å². The van der Waals surface area contributed by atoms with Crippen LogP contribution in [0.25, 0.3) is 0 Å². The van der Waals surface area contributed by atoms with Gasteiger partial charge in [-0.2, -0.15) is 0 Å². The molecule has 0 bridgehead atoms. The Kier molecular flexibility index (Phi) is 11.5. The van der Waals surface area contributed by atoms with Crippen molar-refractivity contribution in [2.24, 2.45) is 5.92 Å². The molecule has 16 heteroatoms. The zero-order chi connectivity index (χ0) is 45.2. The van der Waals surface area contributed by atoms with Gasteiger partial charge in [-0.05, 0) is 79.1 Å². The van der Waals surface area contributed by atoms with Crippen LogP contribution < -0.4 is 16.0 Å². The summed E-state index contributed by atoms with van der Waals surface area (Å²) in [5, 5.41) is 9.55. The molecular weight excluding hydrogens is 872 g/mol. The largest absolute Gasteiger partial charge is 0.341 e. The summed E-state index contributed by atoms with van der Waals surface area (Å²) >= 11 is 12.9. The molecule has 5 fully saturated rings. The normalized spacial score (nSPS) is 26.5. The van der Waals surface area contributed by atoms with Gasteiger partial charge in [-0.25, -0.2) is 4.39 Å². The van der Waals surface area contributed by atoms with E-state index in [0.717, 1.165) is 30.4 Å². The number of carbonyl (C=O) groups excluding carboxylic acids is 6. The van der Waals surface area contributed by atoms with Crippen molar-refractivity contribution in [2.75, 3.05) is 51.1 Å². The third kappa shape index (κ3) is 7.39. The highest BCUT2D eigenvalue weighted by Gasteiger charge is 2.72. The second kappa shape index (κ2) is 17.1. The van der Waals surface area contributed by atoms with Crippen molar-refractivity contribution in [3.63, 3.8) is 0 Å². The molecule has 338 valence electrons. The number of hydrogen-bond donors (Lipinski definition) is 3. The maximum Gasteiger partial charge on any atom is 0.255 e. The monoisotopic (exact) mass is 921 g/mol. The zero-order valence-corrected chi connectivity index (χ0v) is 37.4. The number of fused-ring (bicyclic) bond motifs is 4. The molecule has 0 radical (unpaired) electrons. The molecule has 3 aromatic rings. The topological polar surface area (TPSA) is 151 Å². The first-order valence-electron chi connectivity index (χ1n) is 22.8. The highest BCUT2D eigenvalue weighted by Crippen LogP contribution is 2.63. The van der Waals surface area contributed by atoms with Crippen molar-refractivity contribution in [3.8, 4) is 11.8 Å². The van der Waals surface area contributed by atoms with Crippen LogP contribution in [0.4, 0.5) is 10.1 Å². The molecule has 7 aliphatic rings. The van der Waals surface area contributed by atoms with Gasteiger partial charge < -0.3 is 20.0 Å². The van der Waals surface area contributed by atoms with Crippen LogP contribution in [0.5, 0.6) is 0 Å². The van der Waals surface area contributed by atoms with E-state index in [1.165, 1.54) is 11.0 Å². The van der Waals surface area contributed by atoms with Crippen molar-refractivity contribution in [3.05, 3.63) is 98.3 Å². The fourth-order valence-corrected chi connectivity index (χ4v) is 12.3. The van der Waals surface area contributed by atoms with Gasteiger partial charge in [0.2, 0.25) is 29.5 Å². The van der Waals surface area contributed by atoms with Gasteiger partial charge in [-0.3, -0.25) is 44.3 Å². The highest BCUT2D eigenvalue weighted by molar-refractivity contribution is 6.31. The van der Waals surface area contributed by atoms with Crippen LogP contribution in [0.2, 0.25) is 10.0 Å². The number of nitrogens with zero attached hydrogens (tertiary/aromatic N) is 4. The number of rotatable bonds is 5. The molecule has 3 aromatic carbocycles. The first-order valence-corrected chi connectivity index (χ1v) is 23.5. The van der Waals surface area contributed by atoms with E-state index >= 15 is 4.39 Å². The predicted octanol–water partition coefficient (Wildman–Crippen LogP) is 4.98. The molecule has 65 heavy (non-hydrogen) atoms. The number of imide groups is 1. The van der Waals surface area contributed by atoms with E-state index < -0.39 is 40.7 Å². The van der Waals surface area contributed by atoms with Gasteiger partial charge >= 0.3 is 0 Å². The summed E-state index contributed by atoms with van der Waals surface area (Å²) < 4.78 is 16.4. The molecule has 6 amide bonds. The van der Waals surface area contributed by atoms with Crippen LogP contribution >= 0.6 is 23.2 Å². The van der Waals surface area contributed by atoms with Gasteiger partial charge in [0.25, 0.3) is 5.91 Å². The molecule has 6 aliphatic heterocycles. The van der Waals surface area contributed by atoms with Gasteiger partial charge in [-0.15, -0.1) is 0 Å². The number of benzene rings is 3. The SMILES string of the molecule is O=C1CCC(N2Cc3c(C#CC4CCN(C(=O)CN5CCN(C(=O)[C@@H]6NC7(CCCCC7)[C@@]7(C(=O)Nc8cc(Cl)ccc87)[C@H]6c6cccc(Cl)c6F)CC5)CC4)cccc3C2=O)C(=O)N1. The summed E-state index contributed by atoms with van der Waals surface area (Å²) in [7, 11) is 0. The Hall–Kier alpha value is -5.33.